The van der Waals surface area contributed by atoms with Gasteiger partial charge in [0, 0.05) is 0 Å². The highest BCUT2D eigenvalue weighted by Gasteiger charge is 2.27. The third-order valence-electron chi connectivity index (χ3n) is 2.03. The Kier molecular flexibility index (Phi) is 3.63. The second-order valence-electron chi connectivity index (χ2n) is 3.63. The molecule has 1 aromatic rings. The maximum Gasteiger partial charge on any atom is 0.233 e. The summed E-state index contributed by atoms with van der Waals surface area (Å²) in [6.45, 7) is 3.60. The average molecular weight is 225 g/mol. The van der Waals surface area contributed by atoms with Crippen molar-refractivity contribution in [2.75, 3.05) is 7.11 Å². The first-order valence-corrected chi connectivity index (χ1v) is 5.41. The minimum atomic E-state index is -0.630. The van der Waals surface area contributed by atoms with Crippen LogP contribution in [0.2, 0.25) is 0 Å². The van der Waals surface area contributed by atoms with Crippen LogP contribution in [0.1, 0.15) is 13.8 Å². The number of ether oxygens (including phenoxy) is 1. The molecule has 0 aliphatic carbocycles. The largest absolute Gasteiger partial charge is 0.496 e. The molecule has 3 nitrogen and oxygen atoms in total. The summed E-state index contributed by atoms with van der Waals surface area (Å²) < 4.78 is 4.57. The van der Waals surface area contributed by atoms with E-state index in [4.69, 9.17) is 10.5 Å². The first-order chi connectivity index (χ1) is 6.97. The highest BCUT2D eigenvalue weighted by atomic mass is 32.2. The number of nitrogens with two attached hydrogens (primary N) is 1. The van der Waals surface area contributed by atoms with Crippen LogP contribution in [0.3, 0.4) is 0 Å². The molecule has 0 radical (unpaired) electrons. The Bertz CT molecular complexity index is 363. The summed E-state index contributed by atoms with van der Waals surface area (Å²) in [7, 11) is 1.61. The van der Waals surface area contributed by atoms with E-state index >= 15 is 0 Å². The number of amides is 1. The van der Waals surface area contributed by atoms with Gasteiger partial charge in [0.25, 0.3) is 0 Å². The highest BCUT2D eigenvalue weighted by molar-refractivity contribution is 8.01. The topological polar surface area (TPSA) is 52.3 Å². The molecule has 0 saturated heterocycles. The zero-order valence-corrected chi connectivity index (χ0v) is 9.93. The van der Waals surface area contributed by atoms with Crippen molar-refractivity contribution in [3.8, 4) is 5.75 Å². The summed E-state index contributed by atoms with van der Waals surface area (Å²) in [6, 6.07) is 7.57. The number of rotatable bonds is 4. The van der Waals surface area contributed by atoms with Crippen LogP contribution in [0.4, 0.5) is 0 Å². The fourth-order valence-electron chi connectivity index (χ4n) is 1.03. The summed E-state index contributed by atoms with van der Waals surface area (Å²) >= 11 is 1.41. The van der Waals surface area contributed by atoms with E-state index in [2.05, 4.69) is 0 Å². The summed E-state index contributed by atoms with van der Waals surface area (Å²) in [6.07, 6.45) is 0. The van der Waals surface area contributed by atoms with Crippen LogP contribution in [-0.4, -0.2) is 17.8 Å². The van der Waals surface area contributed by atoms with Crippen molar-refractivity contribution in [2.24, 2.45) is 5.73 Å². The lowest BCUT2D eigenvalue weighted by molar-refractivity contribution is -0.119. The maximum absolute atomic E-state index is 11.2. The Labute approximate surface area is 94.0 Å². The predicted octanol–water partition coefficient (Wildman–Crippen LogP) is 2.05. The molecule has 0 atom stereocenters. The first kappa shape index (κ1) is 11.9. The van der Waals surface area contributed by atoms with Crippen molar-refractivity contribution in [2.45, 2.75) is 23.5 Å². The van der Waals surface area contributed by atoms with Crippen LogP contribution in [0.5, 0.6) is 5.75 Å². The van der Waals surface area contributed by atoms with Gasteiger partial charge in [-0.3, -0.25) is 4.79 Å². The van der Waals surface area contributed by atoms with E-state index in [1.165, 1.54) is 11.8 Å². The number of methoxy groups -OCH3 is 1. The van der Waals surface area contributed by atoms with Gasteiger partial charge in [0.1, 0.15) is 5.75 Å². The van der Waals surface area contributed by atoms with Crippen molar-refractivity contribution < 1.29 is 9.53 Å². The summed E-state index contributed by atoms with van der Waals surface area (Å²) in [4.78, 5) is 12.1. The fraction of sp³-hybridized carbons (Fsp3) is 0.364. The van der Waals surface area contributed by atoms with Gasteiger partial charge in [-0.05, 0) is 26.0 Å². The number of primary amides is 1. The first-order valence-electron chi connectivity index (χ1n) is 4.59. The van der Waals surface area contributed by atoms with Gasteiger partial charge in [0.05, 0.1) is 16.8 Å². The van der Waals surface area contributed by atoms with Gasteiger partial charge in [0.15, 0.2) is 0 Å². The second-order valence-corrected chi connectivity index (χ2v) is 5.29. The smallest absolute Gasteiger partial charge is 0.233 e. The average Bonchev–Trinajstić information content (AvgIpc) is 2.18. The molecule has 1 aromatic carbocycles. The molecule has 1 amide bonds. The Morgan fingerprint density at radius 1 is 1.40 bits per heavy atom. The molecule has 82 valence electrons. The Hall–Kier alpha value is -1.16. The Morgan fingerprint density at radius 3 is 2.53 bits per heavy atom. The van der Waals surface area contributed by atoms with E-state index in [1.807, 2.05) is 24.3 Å². The SMILES string of the molecule is COc1ccccc1SC(C)(C)C(N)=O. The lowest BCUT2D eigenvalue weighted by Crippen LogP contribution is -2.34. The van der Waals surface area contributed by atoms with Gasteiger partial charge >= 0.3 is 0 Å². The van der Waals surface area contributed by atoms with Crippen molar-refractivity contribution >= 4 is 17.7 Å². The van der Waals surface area contributed by atoms with Gasteiger partial charge in [-0.25, -0.2) is 0 Å². The molecule has 4 heteroatoms. The molecular formula is C11H15NO2S. The number of hydrogen-bond acceptors (Lipinski definition) is 3. The van der Waals surface area contributed by atoms with Gasteiger partial charge in [-0.1, -0.05) is 12.1 Å². The Morgan fingerprint density at radius 2 is 2.00 bits per heavy atom. The summed E-state index contributed by atoms with van der Waals surface area (Å²) in [5, 5.41) is 0. The Balaban J connectivity index is 2.94. The third kappa shape index (κ3) is 2.89. The number of carbonyl (C=O) groups excluding carboxylic acids is 1. The molecule has 0 heterocycles. The van der Waals surface area contributed by atoms with Crippen LogP contribution in [0.15, 0.2) is 29.2 Å². The van der Waals surface area contributed by atoms with Gasteiger partial charge in [-0.15, -0.1) is 11.8 Å². The van der Waals surface area contributed by atoms with Gasteiger partial charge < -0.3 is 10.5 Å². The highest BCUT2D eigenvalue weighted by Crippen LogP contribution is 2.37. The van der Waals surface area contributed by atoms with Crippen molar-refractivity contribution in [3.05, 3.63) is 24.3 Å². The zero-order chi connectivity index (χ0) is 11.5. The molecule has 0 aliphatic heterocycles. The number of hydrogen-bond donors (Lipinski definition) is 1. The molecule has 1 rings (SSSR count). The van der Waals surface area contributed by atoms with Crippen LogP contribution < -0.4 is 10.5 Å². The molecule has 0 saturated carbocycles. The molecular weight excluding hydrogens is 210 g/mol. The molecule has 0 fully saturated rings. The van der Waals surface area contributed by atoms with Crippen molar-refractivity contribution in [1.29, 1.82) is 0 Å². The van der Waals surface area contributed by atoms with E-state index in [0.717, 1.165) is 10.6 Å². The summed E-state index contributed by atoms with van der Waals surface area (Å²) in [5.74, 6) is 0.426. The standard InChI is InChI=1S/C11H15NO2S/c1-11(2,10(12)13)15-9-7-5-4-6-8(9)14-3/h4-7H,1-3H3,(H2,12,13). The number of para-hydroxylation sites is 1. The molecule has 0 spiro atoms. The zero-order valence-electron chi connectivity index (χ0n) is 9.11. The number of benzene rings is 1. The molecule has 15 heavy (non-hydrogen) atoms. The van der Waals surface area contributed by atoms with Gasteiger partial charge in [0.2, 0.25) is 5.91 Å². The van der Waals surface area contributed by atoms with Crippen LogP contribution >= 0.6 is 11.8 Å². The molecule has 0 bridgehead atoms. The maximum atomic E-state index is 11.2. The van der Waals surface area contributed by atoms with Crippen molar-refractivity contribution in [3.63, 3.8) is 0 Å². The fourth-order valence-corrected chi connectivity index (χ4v) is 2.08. The van der Waals surface area contributed by atoms with E-state index in [9.17, 15) is 4.79 Å². The molecule has 2 N–H and O–H groups in total. The normalized spacial score (nSPS) is 11.1. The quantitative estimate of drug-likeness (QED) is 0.798. The monoisotopic (exact) mass is 225 g/mol. The van der Waals surface area contributed by atoms with E-state index in [0.29, 0.717) is 0 Å². The van der Waals surface area contributed by atoms with E-state index < -0.39 is 4.75 Å². The lowest BCUT2D eigenvalue weighted by atomic mass is 10.2. The van der Waals surface area contributed by atoms with Crippen LogP contribution in [0.25, 0.3) is 0 Å². The van der Waals surface area contributed by atoms with Gasteiger partial charge in [-0.2, -0.15) is 0 Å². The minimum absolute atomic E-state index is 0.335. The van der Waals surface area contributed by atoms with E-state index in [-0.39, 0.29) is 5.91 Å². The predicted molar refractivity (Wildman–Crippen MR) is 62.1 cm³/mol. The van der Waals surface area contributed by atoms with E-state index in [1.54, 1.807) is 21.0 Å². The van der Waals surface area contributed by atoms with Crippen LogP contribution in [0, 0.1) is 0 Å². The number of carbonyl (C=O) groups is 1. The van der Waals surface area contributed by atoms with Crippen LogP contribution in [-0.2, 0) is 4.79 Å². The lowest BCUT2D eigenvalue weighted by Gasteiger charge is -2.20. The summed E-state index contributed by atoms with van der Waals surface area (Å²) in [5.41, 5.74) is 5.31. The molecule has 0 aliphatic rings. The molecule has 0 aromatic heterocycles. The molecule has 0 unspecified atom stereocenters. The van der Waals surface area contributed by atoms with Crippen molar-refractivity contribution in [1.82, 2.24) is 0 Å². The number of thioether (sulfide) groups is 1. The minimum Gasteiger partial charge on any atom is -0.496 e. The second kappa shape index (κ2) is 4.57. The third-order valence-corrected chi connectivity index (χ3v) is 3.30.